The van der Waals surface area contributed by atoms with Crippen LogP contribution in [0.3, 0.4) is 0 Å². The molecule has 80 valence electrons. The van der Waals surface area contributed by atoms with Crippen LogP contribution < -0.4 is 5.30 Å². The molecular formula is C13H17OP. The fourth-order valence-corrected chi connectivity index (χ4v) is 3.87. The Morgan fingerprint density at radius 2 is 2.00 bits per heavy atom. The first-order chi connectivity index (χ1) is 7.15. The Kier molecular flexibility index (Phi) is 4.11. The molecule has 0 heterocycles. The Balaban J connectivity index is 3.23. The molecule has 0 bridgehead atoms. The van der Waals surface area contributed by atoms with Crippen molar-refractivity contribution in [3.63, 3.8) is 0 Å². The first kappa shape index (κ1) is 12.0. The monoisotopic (exact) mass is 220 g/mol. The summed E-state index contributed by atoms with van der Waals surface area (Å²) in [6.45, 7) is 7.53. The van der Waals surface area contributed by atoms with Gasteiger partial charge in [-0.2, -0.15) is 0 Å². The number of hydrogen-bond donors (Lipinski definition) is 0. The van der Waals surface area contributed by atoms with E-state index < -0.39 is 7.14 Å². The quantitative estimate of drug-likeness (QED) is 0.557. The van der Waals surface area contributed by atoms with Crippen molar-refractivity contribution < 1.29 is 4.57 Å². The van der Waals surface area contributed by atoms with Crippen molar-refractivity contribution in [3.05, 3.63) is 54.4 Å². The molecule has 1 unspecified atom stereocenters. The van der Waals surface area contributed by atoms with Gasteiger partial charge >= 0.3 is 0 Å². The van der Waals surface area contributed by atoms with Gasteiger partial charge in [-0.15, -0.1) is 0 Å². The molecule has 0 saturated heterocycles. The normalized spacial score (nSPS) is 15.7. The molecule has 0 fully saturated rings. The lowest BCUT2D eigenvalue weighted by Crippen LogP contribution is -2.06. The smallest absolute Gasteiger partial charge is 0.138 e. The molecule has 0 aliphatic carbocycles. The lowest BCUT2D eigenvalue weighted by molar-refractivity contribution is 0.585. The summed E-state index contributed by atoms with van der Waals surface area (Å²) < 4.78 is 12.8. The van der Waals surface area contributed by atoms with Gasteiger partial charge in [0.1, 0.15) is 7.14 Å². The van der Waals surface area contributed by atoms with Crippen LogP contribution in [-0.4, -0.2) is 6.16 Å². The molecule has 2 heteroatoms. The average Bonchev–Trinajstić information content (AvgIpc) is 2.29. The van der Waals surface area contributed by atoms with E-state index in [1.807, 2.05) is 50.3 Å². The fraction of sp³-hybridized carbons (Fsp3) is 0.231. The molecule has 0 aliphatic heterocycles. The van der Waals surface area contributed by atoms with Gasteiger partial charge in [0.25, 0.3) is 0 Å². The van der Waals surface area contributed by atoms with Gasteiger partial charge in [0.15, 0.2) is 0 Å². The third-order valence-corrected chi connectivity index (χ3v) is 5.86. The number of rotatable bonds is 4. The van der Waals surface area contributed by atoms with Crippen LogP contribution in [-0.2, 0) is 4.57 Å². The average molecular weight is 220 g/mol. The maximum atomic E-state index is 12.8. The van der Waals surface area contributed by atoms with Crippen molar-refractivity contribution in [2.45, 2.75) is 13.8 Å². The molecule has 1 rings (SSSR count). The molecule has 1 nitrogen and oxygen atoms in total. The molecule has 0 spiro atoms. The topological polar surface area (TPSA) is 17.1 Å². The minimum absolute atomic E-state index is 0.660. The van der Waals surface area contributed by atoms with Gasteiger partial charge in [0.05, 0.1) is 0 Å². The second-order valence-electron chi connectivity index (χ2n) is 3.44. The predicted molar refractivity (Wildman–Crippen MR) is 68.2 cm³/mol. The second-order valence-corrected chi connectivity index (χ2v) is 6.77. The maximum absolute atomic E-state index is 12.8. The molecule has 0 aliphatic rings. The number of hydrogen-bond acceptors (Lipinski definition) is 1. The van der Waals surface area contributed by atoms with Crippen molar-refractivity contribution in [2.24, 2.45) is 0 Å². The highest BCUT2D eigenvalue weighted by atomic mass is 31.2. The Morgan fingerprint density at radius 1 is 1.40 bits per heavy atom. The molecular weight excluding hydrogens is 203 g/mol. The molecule has 15 heavy (non-hydrogen) atoms. The molecule has 0 saturated carbocycles. The van der Waals surface area contributed by atoms with Gasteiger partial charge < -0.3 is 4.57 Å². The highest BCUT2D eigenvalue weighted by Crippen LogP contribution is 2.51. The van der Waals surface area contributed by atoms with Gasteiger partial charge in [0.2, 0.25) is 0 Å². The Labute approximate surface area is 91.9 Å². The summed E-state index contributed by atoms with van der Waals surface area (Å²) in [5.41, 5.74) is 0. The van der Waals surface area contributed by atoms with E-state index in [1.54, 1.807) is 6.08 Å². The summed E-state index contributed by atoms with van der Waals surface area (Å²) in [5.74, 6) is 0. The fourth-order valence-electron chi connectivity index (χ4n) is 1.60. The summed E-state index contributed by atoms with van der Waals surface area (Å²) in [6.07, 6.45) is 4.20. The van der Waals surface area contributed by atoms with E-state index in [-0.39, 0.29) is 0 Å². The number of benzene rings is 1. The molecule has 0 radical (unpaired) electrons. The van der Waals surface area contributed by atoms with E-state index in [1.165, 1.54) is 0 Å². The van der Waals surface area contributed by atoms with E-state index in [4.69, 9.17) is 0 Å². The third-order valence-electron chi connectivity index (χ3n) is 2.55. The first-order valence-electron chi connectivity index (χ1n) is 5.09. The van der Waals surface area contributed by atoms with Crippen molar-refractivity contribution in [3.8, 4) is 0 Å². The molecule has 0 N–H and O–H groups in total. The zero-order valence-electron chi connectivity index (χ0n) is 9.31. The first-order valence-corrected chi connectivity index (χ1v) is 6.99. The van der Waals surface area contributed by atoms with Crippen molar-refractivity contribution >= 4 is 12.4 Å². The van der Waals surface area contributed by atoms with Crippen LogP contribution in [0.15, 0.2) is 54.4 Å². The zero-order chi connectivity index (χ0) is 11.3. The largest absolute Gasteiger partial charge is 0.314 e. The van der Waals surface area contributed by atoms with Crippen molar-refractivity contribution in [1.29, 1.82) is 0 Å². The SMILES string of the molecule is C=C/C=C(\C)P(=O)(CC)c1ccccc1. The van der Waals surface area contributed by atoms with Crippen LogP contribution in [0.2, 0.25) is 0 Å². The van der Waals surface area contributed by atoms with Crippen LogP contribution in [0.4, 0.5) is 0 Å². The summed E-state index contributed by atoms with van der Waals surface area (Å²) in [6, 6.07) is 9.67. The van der Waals surface area contributed by atoms with Gasteiger partial charge in [-0.3, -0.25) is 0 Å². The van der Waals surface area contributed by atoms with Crippen LogP contribution in [0.1, 0.15) is 13.8 Å². The lowest BCUT2D eigenvalue weighted by atomic mass is 10.4. The van der Waals surface area contributed by atoms with Crippen LogP contribution >= 0.6 is 7.14 Å². The highest BCUT2D eigenvalue weighted by Gasteiger charge is 2.23. The molecule has 0 amide bonds. The Morgan fingerprint density at radius 3 is 2.47 bits per heavy atom. The predicted octanol–water partition coefficient (Wildman–Crippen LogP) is 3.78. The second kappa shape index (κ2) is 5.14. The van der Waals surface area contributed by atoms with Crippen LogP contribution in [0, 0.1) is 0 Å². The highest BCUT2D eigenvalue weighted by molar-refractivity contribution is 7.75. The molecule has 1 aromatic carbocycles. The van der Waals surface area contributed by atoms with Gasteiger partial charge in [-0.1, -0.05) is 56.0 Å². The van der Waals surface area contributed by atoms with Crippen LogP contribution in [0.5, 0.6) is 0 Å². The molecule has 1 atom stereocenters. The molecule has 1 aromatic rings. The Hall–Kier alpha value is -1.07. The summed E-state index contributed by atoms with van der Waals surface area (Å²) >= 11 is 0. The maximum Gasteiger partial charge on any atom is 0.138 e. The zero-order valence-corrected chi connectivity index (χ0v) is 10.2. The number of allylic oxidation sites excluding steroid dienone is 3. The van der Waals surface area contributed by atoms with Crippen LogP contribution in [0.25, 0.3) is 0 Å². The van der Waals surface area contributed by atoms with E-state index in [2.05, 4.69) is 6.58 Å². The van der Waals surface area contributed by atoms with E-state index in [9.17, 15) is 4.57 Å². The standard InChI is InChI=1S/C13H17OP/c1-4-9-12(3)15(14,5-2)13-10-7-6-8-11-13/h4,6-11H,1,5H2,2-3H3/b12-9+. The van der Waals surface area contributed by atoms with Gasteiger partial charge in [-0.05, 0) is 12.2 Å². The van der Waals surface area contributed by atoms with Gasteiger partial charge in [0, 0.05) is 11.5 Å². The summed E-state index contributed by atoms with van der Waals surface area (Å²) in [7, 11) is -2.37. The van der Waals surface area contributed by atoms with E-state index in [0.717, 1.165) is 10.6 Å². The minimum atomic E-state index is -2.37. The van der Waals surface area contributed by atoms with E-state index >= 15 is 0 Å². The van der Waals surface area contributed by atoms with E-state index in [0.29, 0.717) is 6.16 Å². The molecule has 0 aromatic heterocycles. The third kappa shape index (κ3) is 2.49. The lowest BCUT2D eigenvalue weighted by Gasteiger charge is -2.17. The summed E-state index contributed by atoms with van der Waals surface area (Å²) in [5, 5.41) is 1.86. The van der Waals surface area contributed by atoms with Crippen molar-refractivity contribution in [1.82, 2.24) is 0 Å². The Bertz CT molecular complexity index is 404. The minimum Gasteiger partial charge on any atom is -0.314 e. The summed E-state index contributed by atoms with van der Waals surface area (Å²) in [4.78, 5) is 0. The van der Waals surface area contributed by atoms with Crippen molar-refractivity contribution in [2.75, 3.05) is 6.16 Å². The van der Waals surface area contributed by atoms with Gasteiger partial charge in [-0.25, -0.2) is 0 Å².